The second-order valence-corrected chi connectivity index (χ2v) is 5.74. The number of hydrogen-bond acceptors (Lipinski definition) is 4. The number of hydrogen-bond donors (Lipinski definition) is 2. The van der Waals surface area contributed by atoms with E-state index in [0.717, 1.165) is 0 Å². The van der Waals surface area contributed by atoms with E-state index >= 15 is 0 Å². The highest BCUT2D eigenvalue weighted by Gasteiger charge is 2.11. The lowest BCUT2D eigenvalue weighted by atomic mass is 10.2. The molecule has 1 aromatic rings. The number of nitrogens with one attached hydrogen (secondary N) is 2. The normalized spacial score (nSPS) is 11.0. The van der Waals surface area contributed by atoms with E-state index in [9.17, 15) is 9.59 Å². The molecule has 0 unspecified atom stereocenters. The zero-order valence-electron chi connectivity index (χ0n) is 12.9. The van der Waals surface area contributed by atoms with Crippen molar-refractivity contribution in [3.63, 3.8) is 0 Å². The lowest BCUT2D eigenvalue weighted by Gasteiger charge is -2.07. The third-order valence-corrected chi connectivity index (χ3v) is 3.16. The molecule has 0 saturated heterocycles. The molecule has 1 rings (SSSR count). The maximum atomic E-state index is 11.5. The van der Waals surface area contributed by atoms with Crippen molar-refractivity contribution in [2.45, 2.75) is 26.4 Å². The van der Waals surface area contributed by atoms with Gasteiger partial charge >= 0.3 is 11.8 Å². The van der Waals surface area contributed by atoms with Gasteiger partial charge in [0.15, 0.2) is 0 Å². The van der Waals surface area contributed by atoms with Crippen LogP contribution >= 0.6 is 23.2 Å². The fourth-order valence-electron chi connectivity index (χ4n) is 1.49. The zero-order chi connectivity index (χ0) is 17.2. The second kappa shape index (κ2) is 10.2. The summed E-state index contributed by atoms with van der Waals surface area (Å²) in [6.45, 7) is 4.73. The summed E-state index contributed by atoms with van der Waals surface area (Å²) in [5.74, 6) is -1.61. The monoisotopic (exact) mass is 359 g/mol. The molecule has 23 heavy (non-hydrogen) atoms. The van der Waals surface area contributed by atoms with Crippen molar-refractivity contribution in [1.29, 1.82) is 0 Å². The third kappa shape index (κ3) is 7.97. The molecule has 8 heteroatoms. The molecule has 0 radical (unpaired) electrons. The highest BCUT2D eigenvalue weighted by molar-refractivity contribution is 6.36. The zero-order valence-corrected chi connectivity index (χ0v) is 14.4. The number of benzene rings is 1. The van der Waals surface area contributed by atoms with Gasteiger partial charge in [-0.15, -0.1) is 0 Å². The number of carbonyl (C=O) groups is 2. The van der Waals surface area contributed by atoms with Gasteiger partial charge in [0.25, 0.3) is 0 Å². The highest BCUT2D eigenvalue weighted by Crippen LogP contribution is 2.19. The van der Waals surface area contributed by atoms with Crippen molar-refractivity contribution >= 4 is 41.2 Å². The average molecular weight is 360 g/mol. The fourth-order valence-corrected chi connectivity index (χ4v) is 1.95. The number of rotatable bonds is 7. The van der Waals surface area contributed by atoms with Crippen LogP contribution in [0.2, 0.25) is 10.0 Å². The average Bonchev–Trinajstić information content (AvgIpc) is 2.48. The summed E-state index contributed by atoms with van der Waals surface area (Å²) in [6.07, 6.45) is 2.10. The SMILES string of the molecule is CC(C)OCCCNC(=O)C(=O)N/N=C\c1ccc(Cl)cc1Cl. The van der Waals surface area contributed by atoms with Crippen molar-refractivity contribution in [1.82, 2.24) is 10.7 Å². The predicted molar refractivity (Wildman–Crippen MR) is 90.9 cm³/mol. The van der Waals surface area contributed by atoms with Crippen LogP contribution in [-0.2, 0) is 14.3 Å². The van der Waals surface area contributed by atoms with Gasteiger partial charge in [0, 0.05) is 23.7 Å². The largest absolute Gasteiger partial charge is 0.379 e. The number of nitrogens with zero attached hydrogens (tertiary/aromatic N) is 1. The van der Waals surface area contributed by atoms with Crippen LogP contribution in [0.4, 0.5) is 0 Å². The molecule has 0 bridgehead atoms. The molecule has 0 aliphatic carbocycles. The number of carbonyl (C=O) groups excluding carboxylic acids is 2. The summed E-state index contributed by atoms with van der Waals surface area (Å²) < 4.78 is 5.32. The number of amides is 2. The van der Waals surface area contributed by atoms with Crippen molar-refractivity contribution < 1.29 is 14.3 Å². The summed E-state index contributed by atoms with van der Waals surface area (Å²) in [5, 5.41) is 7.05. The van der Waals surface area contributed by atoms with Crippen LogP contribution in [0.1, 0.15) is 25.8 Å². The molecule has 0 aromatic heterocycles. The molecule has 0 aliphatic heterocycles. The Balaban J connectivity index is 2.32. The molecule has 0 fully saturated rings. The maximum absolute atomic E-state index is 11.5. The lowest BCUT2D eigenvalue weighted by molar-refractivity contribution is -0.139. The Morgan fingerprint density at radius 1 is 1.30 bits per heavy atom. The standard InChI is InChI=1S/C15H19Cl2N3O3/c1-10(2)23-7-3-6-18-14(21)15(22)20-19-9-11-4-5-12(16)8-13(11)17/h4-5,8-10H,3,6-7H2,1-2H3,(H,18,21)(H,20,22)/b19-9-. The fraction of sp³-hybridized carbons (Fsp3) is 0.400. The molecule has 126 valence electrons. The molecule has 2 amide bonds. The maximum Gasteiger partial charge on any atom is 0.329 e. The van der Waals surface area contributed by atoms with Crippen molar-refractivity contribution in [2.24, 2.45) is 5.10 Å². The van der Waals surface area contributed by atoms with Crippen LogP contribution in [0.25, 0.3) is 0 Å². The summed E-state index contributed by atoms with van der Waals surface area (Å²) in [6, 6.07) is 4.84. The Labute approximate surface area is 145 Å². The van der Waals surface area contributed by atoms with E-state index in [2.05, 4.69) is 15.8 Å². The number of halogens is 2. The molecule has 6 nitrogen and oxygen atoms in total. The van der Waals surface area contributed by atoms with E-state index in [1.54, 1.807) is 18.2 Å². The minimum atomic E-state index is -0.851. The van der Waals surface area contributed by atoms with E-state index in [4.69, 9.17) is 27.9 Å². The summed E-state index contributed by atoms with van der Waals surface area (Å²) in [5.41, 5.74) is 2.70. The number of hydrazone groups is 1. The molecule has 0 heterocycles. The van der Waals surface area contributed by atoms with E-state index in [-0.39, 0.29) is 6.10 Å². The van der Waals surface area contributed by atoms with Crippen LogP contribution in [0.15, 0.2) is 23.3 Å². The van der Waals surface area contributed by atoms with Crippen LogP contribution < -0.4 is 10.7 Å². The Morgan fingerprint density at radius 3 is 2.70 bits per heavy atom. The second-order valence-electron chi connectivity index (χ2n) is 4.89. The lowest BCUT2D eigenvalue weighted by Crippen LogP contribution is -2.38. The Morgan fingerprint density at radius 2 is 2.04 bits per heavy atom. The topological polar surface area (TPSA) is 79.8 Å². The van der Waals surface area contributed by atoms with Gasteiger partial charge in [-0.1, -0.05) is 29.3 Å². The molecular weight excluding hydrogens is 341 g/mol. The predicted octanol–water partition coefficient (Wildman–Crippen LogP) is 2.37. The van der Waals surface area contributed by atoms with E-state index in [1.807, 2.05) is 13.8 Å². The molecular formula is C15H19Cl2N3O3. The molecule has 0 atom stereocenters. The van der Waals surface area contributed by atoms with Gasteiger partial charge in [0.05, 0.1) is 17.3 Å². The molecule has 0 saturated carbocycles. The smallest absolute Gasteiger partial charge is 0.329 e. The Kier molecular flexibility index (Phi) is 8.61. The van der Waals surface area contributed by atoms with Gasteiger partial charge in [-0.25, -0.2) is 5.43 Å². The summed E-state index contributed by atoms with van der Waals surface area (Å²) in [7, 11) is 0. The molecule has 2 N–H and O–H groups in total. The van der Waals surface area contributed by atoms with Crippen LogP contribution in [0.3, 0.4) is 0 Å². The first-order valence-electron chi connectivity index (χ1n) is 7.08. The van der Waals surface area contributed by atoms with Crippen LogP contribution in [0, 0.1) is 0 Å². The number of ether oxygens (including phenoxy) is 1. The van der Waals surface area contributed by atoms with Gasteiger partial charge in [-0.05, 0) is 32.4 Å². The molecule has 0 spiro atoms. The first kappa shape index (κ1) is 19.4. The van der Waals surface area contributed by atoms with E-state index in [0.29, 0.717) is 35.2 Å². The Bertz CT molecular complexity index is 577. The highest BCUT2D eigenvalue weighted by atomic mass is 35.5. The van der Waals surface area contributed by atoms with Gasteiger partial charge in [0.1, 0.15) is 0 Å². The van der Waals surface area contributed by atoms with Gasteiger partial charge in [-0.3, -0.25) is 9.59 Å². The van der Waals surface area contributed by atoms with Gasteiger partial charge in [-0.2, -0.15) is 5.10 Å². The van der Waals surface area contributed by atoms with Crippen molar-refractivity contribution in [3.05, 3.63) is 33.8 Å². The van der Waals surface area contributed by atoms with E-state index < -0.39 is 11.8 Å². The quantitative estimate of drug-likeness (QED) is 0.339. The van der Waals surface area contributed by atoms with Gasteiger partial charge < -0.3 is 10.1 Å². The minimum Gasteiger partial charge on any atom is -0.379 e. The van der Waals surface area contributed by atoms with Gasteiger partial charge in [0.2, 0.25) is 0 Å². The summed E-state index contributed by atoms with van der Waals surface area (Å²) >= 11 is 11.7. The molecule has 1 aromatic carbocycles. The van der Waals surface area contributed by atoms with Crippen molar-refractivity contribution in [2.75, 3.05) is 13.2 Å². The Hall–Kier alpha value is -1.63. The van der Waals surface area contributed by atoms with Crippen molar-refractivity contribution in [3.8, 4) is 0 Å². The summed E-state index contributed by atoms with van der Waals surface area (Å²) in [4.78, 5) is 23.0. The molecule has 0 aliphatic rings. The first-order valence-corrected chi connectivity index (χ1v) is 7.83. The minimum absolute atomic E-state index is 0.142. The van der Waals surface area contributed by atoms with E-state index in [1.165, 1.54) is 6.21 Å². The van der Waals surface area contributed by atoms with Crippen LogP contribution in [-0.4, -0.2) is 37.3 Å². The third-order valence-electron chi connectivity index (χ3n) is 2.60. The first-order chi connectivity index (χ1) is 10.9. The van der Waals surface area contributed by atoms with Crippen LogP contribution in [0.5, 0.6) is 0 Å².